The molecular formula is C12H20N4OS. The van der Waals surface area contributed by atoms with Gasteiger partial charge in [0.25, 0.3) is 0 Å². The zero-order valence-corrected chi connectivity index (χ0v) is 11.7. The fourth-order valence-electron chi connectivity index (χ4n) is 3.13. The van der Waals surface area contributed by atoms with Gasteiger partial charge in [-0.15, -0.1) is 10.2 Å². The zero-order valence-electron chi connectivity index (χ0n) is 10.8. The lowest BCUT2D eigenvalue weighted by molar-refractivity contribution is 0.0570. The van der Waals surface area contributed by atoms with Gasteiger partial charge in [-0.3, -0.25) is 0 Å². The summed E-state index contributed by atoms with van der Waals surface area (Å²) in [6.07, 6.45) is 2.48. The Labute approximate surface area is 112 Å². The molecule has 18 heavy (non-hydrogen) atoms. The van der Waals surface area contributed by atoms with Crippen LogP contribution in [0.3, 0.4) is 0 Å². The van der Waals surface area contributed by atoms with Crippen molar-refractivity contribution in [2.75, 3.05) is 51.3 Å². The molecule has 2 aliphatic rings. The topological polar surface area (TPSA) is 41.5 Å². The van der Waals surface area contributed by atoms with Gasteiger partial charge in [0.1, 0.15) is 5.51 Å². The second kappa shape index (κ2) is 5.11. The molecule has 2 fully saturated rings. The largest absolute Gasteiger partial charge is 0.379 e. The predicted octanol–water partition coefficient (Wildman–Crippen LogP) is 1.09. The summed E-state index contributed by atoms with van der Waals surface area (Å²) < 4.78 is 5.82. The summed E-state index contributed by atoms with van der Waals surface area (Å²) in [5.41, 5.74) is 2.08. The molecule has 1 atom stereocenters. The molecule has 0 aliphatic carbocycles. The Bertz CT molecular complexity index is 385. The first kappa shape index (κ1) is 12.3. The Kier molecular flexibility index (Phi) is 3.50. The van der Waals surface area contributed by atoms with Crippen LogP contribution < -0.4 is 4.90 Å². The van der Waals surface area contributed by atoms with Crippen LogP contribution >= 0.6 is 11.3 Å². The molecule has 3 heterocycles. The number of anilines is 1. The molecule has 0 bridgehead atoms. The molecule has 0 unspecified atom stereocenters. The summed E-state index contributed by atoms with van der Waals surface area (Å²) in [7, 11) is 2.19. The predicted molar refractivity (Wildman–Crippen MR) is 72.1 cm³/mol. The van der Waals surface area contributed by atoms with E-state index in [1.165, 1.54) is 12.8 Å². The van der Waals surface area contributed by atoms with Crippen LogP contribution in [0.25, 0.3) is 0 Å². The Morgan fingerprint density at radius 3 is 3.17 bits per heavy atom. The first-order chi connectivity index (χ1) is 8.77. The lowest BCUT2D eigenvalue weighted by atomic mass is 9.80. The van der Waals surface area contributed by atoms with Crippen molar-refractivity contribution >= 4 is 16.5 Å². The third-order valence-corrected chi connectivity index (χ3v) is 4.66. The highest BCUT2D eigenvalue weighted by Gasteiger charge is 2.38. The van der Waals surface area contributed by atoms with E-state index in [-0.39, 0.29) is 5.41 Å². The Morgan fingerprint density at radius 1 is 1.39 bits per heavy atom. The maximum Gasteiger partial charge on any atom is 0.208 e. The summed E-state index contributed by atoms with van der Waals surface area (Å²) in [5.74, 6) is 0. The normalized spacial score (nSPS) is 30.6. The summed E-state index contributed by atoms with van der Waals surface area (Å²) >= 11 is 1.63. The van der Waals surface area contributed by atoms with Gasteiger partial charge < -0.3 is 14.5 Å². The molecule has 5 nitrogen and oxygen atoms in total. The van der Waals surface area contributed by atoms with E-state index in [9.17, 15) is 0 Å². The van der Waals surface area contributed by atoms with Crippen LogP contribution in [-0.4, -0.2) is 61.5 Å². The Hall–Kier alpha value is -0.720. The minimum absolute atomic E-state index is 0.273. The smallest absolute Gasteiger partial charge is 0.208 e. The molecule has 0 radical (unpaired) electrons. The van der Waals surface area contributed by atoms with Crippen molar-refractivity contribution in [3.63, 3.8) is 0 Å². The fourth-order valence-corrected chi connectivity index (χ4v) is 3.72. The van der Waals surface area contributed by atoms with Gasteiger partial charge in [-0.25, -0.2) is 0 Å². The van der Waals surface area contributed by atoms with E-state index in [2.05, 4.69) is 27.0 Å². The molecule has 1 aromatic heterocycles. The highest BCUT2D eigenvalue weighted by molar-refractivity contribution is 7.13. The standard InChI is InChI=1S/C12H20N4OS/c1-15-5-6-17-9-12(7-15)3-2-4-16(8-12)11-14-13-10-18-11/h10H,2-9H2,1H3/t12-/m1/s1. The van der Waals surface area contributed by atoms with E-state index in [0.29, 0.717) is 0 Å². The van der Waals surface area contributed by atoms with E-state index in [1.807, 2.05) is 5.51 Å². The molecule has 1 aromatic rings. The number of hydrogen-bond donors (Lipinski definition) is 0. The summed E-state index contributed by atoms with van der Waals surface area (Å²) in [6.45, 7) is 6.06. The summed E-state index contributed by atoms with van der Waals surface area (Å²) in [4.78, 5) is 4.78. The number of hydrogen-bond acceptors (Lipinski definition) is 6. The molecular weight excluding hydrogens is 248 g/mol. The molecule has 2 aliphatic heterocycles. The van der Waals surface area contributed by atoms with Crippen molar-refractivity contribution < 1.29 is 4.74 Å². The van der Waals surface area contributed by atoms with Gasteiger partial charge in [-0.1, -0.05) is 11.3 Å². The van der Waals surface area contributed by atoms with Gasteiger partial charge in [0.05, 0.1) is 13.2 Å². The Morgan fingerprint density at radius 2 is 2.33 bits per heavy atom. The SMILES string of the molecule is CN1CCOC[C@]2(CCCN(c3nncs3)C2)C1. The monoisotopic (exact) mass is 268 g/mol. The third kappa shape index (κ3) is 2.50. The number of nitrogens with zero attached hydrogens (tertiary/aromatic N) is 4. The van der Waals surface area contributed by atoms with Crippen LogP contribution in [0.1, 0.15) is 12.8 Å². The van der Waals surface area contributed by atoms with E-state index >= 15 is 0 Å². The summed E-state index contributed by atoms with van der Waals surface area (Å²) in [5, 5.41) is 9.21. The van der Waals surface area contributed by atoms with Crippen molar-refractivity contribution in [1.29, 1.82) is 0 Å². The number of ether oxygens (including phenoxy) is 1. The van der Waals surface area contributed by atoms with Crippen LogP contribution in [-0.2, 0) is 4.74 Å². The first-order valence-electron chi connectivity index (χ1n) is 6.55. The van der Waals surface area contributed by atoms with Gasteiger partial charge in [-0.05, 0) is 19.9 Å². The van der Waals surface area contributed by atoms with Gasteiger partial charge in [0, 0.05) is 31.6 Å². The van der Waals surface area contributed by atoms with Crippen molar-refractivity contribution in [3.05, 3.63) is 5.51 Å². The highest BCUT2D eigenvalue weighted by atomic mass is 32.1. The maximum absolute atomic E-state index is 5.82. The minimum Gasteiger partial charge on any atom is -0.379 e. The quantitative estimate of drug-likeness (QED) is 0.762. The number of likely N-dealkylation sites (N-methyl/N-ethyl adjacent to an activating group) is 1. The van der Waals surface area contributed by atoms with Crippen molar-refractivity contribution in [2.24, 2.45) is 5.41 Å². The van der Waals surface area contributed by atoms with Crippen LogP contribution in [0, 0.1) is 5.41 Å². The third-order valence-electron chi connectivity index (χ3n) is 3.91. The van der Waals surface area contributed by atoms with Gasteiger partial charge in [-0.2, -0.15) is 0 Å². The number of piperidine rings is 1. The maximum atomic E-state index is 5.82. The molecule has 0 N–H and O–H groups in total. The zero-order chi connectivity index (χ0) is 12.4. The fraction of sp³-hybridized carbons (Fsp3) is 0.833. The van der Waals surface area contributed by atoms with Crippen LogP contribution in [0.5, 0.6) is 0 Å². The lowest BCUT2D eigenvalue weighted by Crippen LogP contribution is -2.50. The van der Waals surface area contributed by atoms with Gasteiger partial charge in [0.15, 0.2) is 0 Å². The summed E-state index contributed by atoms with van der Waals surface area (Å²) in [6, 6.07) is 0. The van der Waals surface area contributed by atoms with Crippen LogP contribution in [0.4, 0.5) is 5.13 Å². The minimum atomic E-state index is 0.273. The second-order valence-electron chi connectivity index (χ2n) is 5.54. The number of aromatic nitrogens is 2. The first-order valence-corrected chi connectivity index (χ1v) is 7.43. The molecule has 0 amide bonds. The molecule has 3 rings (SSSR count). The van der Waals surface area contributed by atoms with Crippen molar-refractivity contribution in [1.82, 2.24) is 15.1 Å². The molecule has 1 spiro atoms. The lowest BCUT2D eigenvalue weighted by Gasteiger charge is -2.42. The van der Waals surface area contributed by atoms with Crippen LogP contribution in [0.15, 0.2) is 5.51 Å². The van der Waals surface area contributed by atoms with Gasteiger partial charge in [0.2, 0.25) is 5.13 Å². The Balaban J connectivity index is 1.75. The van der Waals surface area contributed by atoms with E-state index in [0.717, 1.165) is 44.5 Å². The molecule has 0 saturated carbocycles. The molecule has 6 heteroatoms. The molecule has 0 aromatic carbocycles. The van der Waals surface area contributed by atoms with E-state index < -0.39 is 0 Å². The van der Waals surface area contributed by atoms with Crippen LogP contribution in [0.2, 0.25) is 0 Å². The van der Waals surface area contributed by atoms with Crippen molar-refractivity contribution in [2.45, 2.75) is 12.8 Å². The molecule has 2 saturated heterocycles. The van der Waals surface area contributed by atoms with E-state index in [4.69, 9.17) is 4.74 Å². The average Bonchev–Trinajstić information content (AvgIpc) is 2.83. The number of rotatable bonds is 1. The second-order valence-corrected chi connectivity index (χ2v) is 6.35. The highest BCUT2D eigenvalue weighted by Crippen LogP contribution is 2.35. The molecule has 100 valence electrons. The van der Waals surface area contributed by atoms with Gasteiger partial charge >= 0.3 is 0 Å². The van der Waals surface area contributed by atoms with E-state index in [1.54, 1.807) is 11.3 Å². The average molecular weight is 268 g/mol. The van der Waals surface area contributed by atoms with Crippen molar-refractivity contribution in [3.8, 4) is 0 Å².